The molecule has 0 spiro atoms. The van der Waals surface area contributed by atoms with Crippen molar-refractivity contribution in [1.82, 2.24) is 24.5 Å². The lowest BCUT2D eigenvalue weighted by molar-refractivity contribution is 0.173. The van der Waals surface area contributed by atoms with Crippen LogP contribution in [0.5, 0.6) is 17.2 Å². The van der Waals surface area contributed by atoms with Crippen molar-refractivity contribution in [2.45, 2.75) is 6.61 Å². The summed E-state index contributed by atoms with van der Waals surface area (Å²) in [5, 5.41) is 9.29. The average molecular weight is 391 g/mol. The molecule has 4 heterocycles. The Morgan fingerprint density at radius 3 is 2.93 bits per heavy atom. The molecule has 0 amide bonds. The largest absolute Gasteiger partial charge is 0.487 e. The highest BCUT2D eigenvalue weighted by atomic mass is 16.6. The van der Waals surface area contributed by atoms with E-state index in [1.54, 1.807) is 34.0 Å². The minimum absolute atomic E-state index is 0.0330. The van der Waals surface area contributed by atoms with Crippen molar-refractivity contribution in [3.05, 3.63) is 65.0 Å². The average Bonchev–Trinajstić information content (AvgIpc) is 3.19. The molecular formula is C20H17N5O4. The van der Waals surface area contributed by atoms with Gasteiger partial charge in [0.25, 0.3) is 0 Å². The van der Waals surface area contributed by atoms with E-state index in [1.165, 1.54) is 6.07 Å². The van der Waals surface area contributed by atoms with Crippen molar-refractivity contribution in [2.75, 3.05) is 13.2 Å². The third kappa shape index (κ3) is 3.27. The lowest BCUT2D eigenvalue weighted by atomic mass is 10.2. The van der Waals surface area contributed by atoms with E-state index in [-0.39, 0.29) is 12.0 Å². The first-order valence-corrected chi connectivity index (χ1v) is 9.06. The number of aryl methyl sites for hydroxylation is 1. The van der Waals surface area contributed by atoms with Gasteiger partial charge in [-0.25, -0.2) is 4.68 Å². The zero-order valence-electron chi connectivity index (χ0n) is 15.6. The van der Waals surface area contributed by atoms with Crippen LogP contribution in [0.3, 0.4) is 0 Å². The molecule has 0 N–H and O–H groups in total. The Balaban J connectivity index is 1.42. The molecule has 3 aromatic heterocycles. The molecule has 0 saturated carbocycles. The Morgan fingerprint density at radius 2 is 2.07 bits per heavy atom. The summed E-state index contributed by atoms with van der Waals surface area (Å²) in [4.78, 5) is 16.6. The number of benzene rings is 1. The van der Waals surface area contributed by atoms with Crippen LogP contribution in [0.15, 0.2) is 53.8 Å². The molecule has 4 aromatic rings. The number of rotatable bonds is 4. The highest BCUT2D eigenvalue weighted by molar-refractivity contribution is 5.88. The van der Waals surface area contributed by atoms with E-state index in [1.807, 2.05) is 25.4 Å². The Labute approximate surface area is 165 Å². The van der Waals surface area contributed by atoms with Crippen LogP contribution in [0, 0.1) is 0 Å². The molecule has 1 aliphatic heterocycles. The van der Waals surface area contributed by atoms with E-state index in [0.29, 0.717) is 36.2 Å². The Morgan fingerprint density at radius 1 is 1.17 bits per heavy atom. The Bertz CT molecular complexity index is 1260. The summed E-state index contributed by atoms with van der Waals surface area (Å²) >= 11 is 0. The van der Waals surface area contributed by atoms with Crippen LogP contribution in [0.25, 0.3) is 16.6 Å². The van der Waals surface area contributed by atoms with Crippen LogP contribution < -0.4 is 19.6 Å². The molecule has 0 saturated heterocycles. The van der Waals surface area contributed by atoms with Gasteiger partial charge in [-0.15, -0.1) is 0 Å². The summed E-state index contributed by atoms with van der Waals surface area (Å²) in [6.45, 7) is 1.02. The van der Waals surface area contributed by atoms with Crippen LogP contribution in [-0.2, 0) is 13.7 Å². The number of fused-ring (bicyclic) bond motifs is 3. The first kappa shape index (κ1) is 17.2. The molecule has 146 valence electrons. The number of pyridine rings is 1. The lowest BCUT2D eigenvalue weighted by Gasteiger charge is -2.19. The van der Waals surface area contributed by atoms with Crippen molar-refractivity contribution < 1.29 is 14.2 Å². The molecule has 9 nitrogen and oxygen atoms in total. The van der Waals surface area contributed by atoms with E-state index < -0.39 is 0 Å². The molecule has 0 fully saturated rings. The summed E-state index contributed by atoms with van der Waals surface area (Å²) < 4.78 is 20.4. The minimum Gasteiger partial charge on any atom is -0.487 e. The maximum absolute atomic E-state index is 12.2. The Hall–Kier alpha value is -3.88. The van der Waals surface area contributed by atoms with Gasteiger partial charge in [0, 0.05) is 24.7 Å². The fraction of sp³-hybridized carbons (Fsp3) is 0.200. The van der Waals surface area contributed by atoms with Gasteiger partial charge in [-0.1, -0.05) is 0 Å². The van der Waals surface area contributed by atoms with Crippen LogP contribution in [0.4, 0.5) is 0 Å². The summed E-state index contributed by atoms with van der Waals surface area (Å²) in [6, 6.07) is 6.94. The first-order valence-electron chi connectivity index (χ1n) is 9.06. The smallest absolute Gasteiger partial charge is 0.206 e. The standard InChI is InChI=1S/C20H17N5O4/c1-24-11-13(9-22-24)25-5-4-18(26)17(23-25)12-29-14-2-3-16-15(8-14)20-19(10-21-16)27-6-7-28-20/h2-5,8-11H,6-7,12H2,1H3. The number of hydrogen-bond acceptors (Lipinski definition) is 7. The van der Waals surface area contributed by atoms with Gasteiger partial charge in [0.15, 0.2) is 11.5 Å². The van der Waals surface area contributed by atoms with Gasteiger partial charge in [0.05, 0.1) is 24.1 Å². The van der Waals surface area contributed by atoms with Gasteiger partial charge in [-0.2, -0.15) is 10.2 Å². The fourth-order valence-corrected chi connectivity index (χ4v) is 3.14. The predicted molar refractivity (Wildman–Crippen MR) is 104 cm³/mol. The van der Waals surface area contributed by atoms with Gasteiger partial charge in [-0.3, -0.25) is 14.5 Å². The van der Waals surface area contributed by atoms with E-state index in [2.05, 4.69) is 15.2 Å². The number of aromatic nitrogens is 5. The third-order valence-corrected chi connectivity index (χ3v) is 4.56. The molecule has 29 heavy (non-hydrogen) atoms. The predicted octanol–water partition coefficient (Wildman–Crippen LogP) is 1.86. The Kier molecular flexibility index (Phi) is 4.12. The fourth-order valence-electron chi connectivity index (χ4n) is 3.14. The molecule has 5 rings (SSSR count). The van der Waals surface area contributed by atoms with Crippen molar-refractivity contribution in [1.29, 1.82) is 0 Å². The van der Waals surface area contributed by atoms with Crippen molar-refractivity contribution in [2.24, 2.45) is 7.05 Å². The van der Waals surface area contributed by atoms with Gasteiger partial charge >= 0.3 is 0 Å². The van der Waals surface area contributed by atoms with Crippen molar-refractivity contribution in [3.8, 4) is 22.9 Å². The summed E-state index contributed by atoms with van der Waals surface area (Å²) in [7, 11) is 1.82. The highest BCUT2D eigenvalue weighted by Crippen LogP contribution is 2.37. The number of ether oxygens (including phenoxy) is 3. The highest BCUT2D eigenvalue weighted by Gasteiger charge is 2.16. The zero-order chi connectivity index (χ0) is 19.8. The van der Waals surface area contributed by atoms with Crippen molar-refractivity contribution >= 4 is 10.9 Å². The normalized spacial score (nSPS) is 12.9. The van der Waals surface area contributed by atoms with Gasteiger partial charge < -0.3 is 14.2 Å². The summed E-state index contributed by atoms with van der Waals surface area (Å²) in [5.74, 6) is 1.85. The number of nitrogens with zero attached hydrogens (tertiary/aromatic N) is 5. The van der Waals surface area contributed by atoms with Gasteiger partial charge in [0.1, 0.15) is 37.0 Å². The molecule has 9 heteroatoms. The first-order chi connectivity index (χ1) is 14.2. The van der Waals surface area contributed by atoms with Crippen LogP contribution in [0.2, 0.25) is 0 Å². The second-order valence-electron chi connectivity index (χ2n) is 6.56. The SMILES string of the molecule is Cn1cc(-n2ccc(=O)c(COc3ccc4ncc5c(c4c3)OCCO5)n2)cn1. The van der Waals surface area contributed by atoms with E-state index >= 15 is 0 Å². The van der Waals surface area contributed by atoms with Crippen LogP contribution in [-0.4, -0.2) is 37.8 Å². The second-order valence-corrected chi connectivity index (χ2v) is 6.56. The molecular weight excluding hydrogens is 374 g/mol. The van der Waals surface area contributed by atoms with Crippen LogP contribution in [0.1, 0.15) is 5.69 Å². The lowest BCUT2D eigenvalue weighted by Crippen LogP contribution is -2.17. The van der Waals surface area contributed by atoms with Crippen molar-refractivity contribution in [3.63, 3.8) is 0 Å². The topological polar surface area (TPSA) is 93.3 Å². The summed E-state index contributed by atoms with van der Waals surface area (Å²) in [5.41, 5.74) is 1.64. The van der Waals surface area contributed by atoms with Gasteiger partial charge in [-0.05, 0) is 18.2 Å². The number of hydrogen-bond donors (Lipinski definition) is 0. The van der Waals surface area contributed by atoms with Crippen LogP contribution >= 0.6 is 0 Å². The van der Waals surface area contributed by atoms with E-state index in [0.717, 1.165) is 16.6 Å². The minimum atomic E-state index is -0.193. The second kappa shape index (κ2) is 6.93. The van der Waals surface area contributed by atoms with E-state index in [4.69, 9.17) is 14.2 Å². The maximum atomic E-state index is 12.2. The molecule has 0 atom stereocenters. The zero-order valence-corrected chi connectivity index (χ0v) is 15.6. The molecule has 1 aromatic carbocycles. The third-order valence-electron chi connectivity index (χ3n) is 4.56. The van der Waals surface area contributed by atoms with E-state index in [9.17, 15) is 4.79 Å². The molecule has 0 aliphatic carbocycles. The quantitative estimate of drug-likeness (QED) is 0.524. The maximum Gasteiger partial charge on any atom is 0.206 e. The molecule has 0 bridgehead atoms. The summed E-state index contributed by atoms with van der Waals surface area (Å²) in [6.07, 6.45) is 6.74. The van der Waals surface area contributed by atoms with Gasteiger partial charge in [0.2, 0.25) is 5.43 Å². The molecule has 1 aliphatic rings. The molecule has 0 radical (unpaired) electrons. The monoisotopic (exact) mass is 391 g/mol. The molecule has 0 unspecified atom stereocenters.